The molecule has 0 radical (unpaired) electrons. The van der Waals surface area contributed by atoms with Gasteiger partial charge < -0.3 is 16.0 Å². The van der Waals surface area contributed by atoms with Crippen molar-refractivity contribution in [2.24, 2.45) is 0 Å². The SMILES string of the molecule is O=C(CSc1nnc(Nc2ccccc2)s1)Nc1ccccc1C(=O)NCc1ccccc1. The highest BCUT2D eigenvalue weighted by Crippen LogP contribution is 2.27. The molecular formula is C24H21N5O2S2. The predicted molar refractivity (Wildman–Crippen MR) is 133 cm³/mol. The Labute approximate surface area is 199 Å². The lowest BCUT2D eigenvalue weighted by molar-refractivity contribution is -0.113. The maximum atomic E-state index is 12.7. The van der Waals surface area contributed by atoms with E-state index in [1.54, 1.807) is 24.3 Å². The number of benzene rings is 3. The molecule has 3 aromatic carbocycles. The Morgan fingerprint density at radius 1 is 0.848 bits per heavy atom. The quantitative estimate of drug-likeness (QED) is 0.297. The van der Waals surface area contributed by atoms with Crippen LogP contribution in [0.4, 0.5) is 16.5 Å². The van der Waals surface area contributed by atoms with Crippen molar-refractivity contribution in [3.05, 3.63) is 96.1 Å². The van der Waals surface area contributed by atoms with Crippen molar-refractivity contribution in [2.45, 2.75) is 10.9 Å². The first-order valence-electron chi connectivity index (χ1n) is 10.2. The Kier molecular flexibility index (Phi) is 7.68. The molecule has 33 heavy (non-hydrogen) atoms. The van der Waals surface area contributed by atoms with Crippen molar-refractivity contribution >= 4 is 51.4 Å². The van der Waals surface area contributed by atoms with E-state index >= 15 is 0 Å². The number of nitrogens with zero attached hydrogens (tertiary/aromatic N) is 2. The van der Waals surface area contributed by atoms with E-state index in [0.29, 0.717) is 27.3 Å². The third-order valence-electron chi connectivity index (χ3n) is 4.50. The fraction of sp³-hybridized carbons (Fsp3) is 0.0833. The van der Waals surface area contributed by atoms with Crippen molar-refractivity contribution in [3.8, 4) is 0 Å². The van der Waals surface area contributed by atoms with Gasteiger partial charge in [-0.15, -0.1) is 10.2 Å². The molecule has 0 aliphatic rings. The van der Waals surface area contributed by atoms with Crippen LogP contribution in [-0.4, -0.2) is 27.8 Å². The number of rotatable bonds is 9. The predicted octanol–water partition coefficient (Wildman–Crippen LogP) is 4.94. The van der Waals surface area contributed by atoms with Gasteiger partial charge in [-0.2, -0.15) is 0 Å². The highest BCUT2D eigenvalue weighted by atomic mass is 32.2. The summed E-state index contributed by atoms with van der Waals surface area (Å²) in [6.07, 6.45) is 0. The molecule has 0 spiro atoms. The Bertz CT molecular complexity index is 1220. The molecule has 3 N–H and O–H groups in total. The van der Waals surface area contributed by atoms with Crippen LogP contribution in [0.3, 0.4) is 0 Å². The van der Waals surface area contributed by atoms with E-state index in [1.165, 1.54) is 23.1 Å². The Morgan fingerprint density at radius 3 is 2.33 bits per heavy atom. The first-order valence-corrected chi connectivity index (χ1v) is 12.0. The van der Waals surface area contributed by atoms with Crippen LogP contribution >= 0.6 is 23.1 Å². The van der Waals surface area contributed by atoms with Gasteiger partial charge in [-0.25, -0.2) is 0 Å². The second-order valence-corrected chi connectivity index (χ2v) is 9.11. The van der Waals surface area contributed by atoms with Gasteiger partial charge in [-0.1, -0.05) is 83.8 Å². The Morgan fingerprint density at radius 2 is 1.55 bits per heavy atom. The first kappa shape index (κ1) is 22.5. The molecule has 166 valence electrons. The van der Waals surface area contributed by atoms with E-state index in [4.69, 9.17) is 0 Å². The van der Waals surface area contributed by atoms with E-state index in [2.05, 4.69) is 26.1 Å². The number of para-hydroxylation sites is 2. The molecule has 1 heterocycles. The fourth-order valence-corrected chi connectivity index (χ4v) is 4.51. The van der Waals surface area contributed by atoms with Crippen LogP contribution in [0.1, 0.15) is 15.9 Å². The largest absolute Gasteiger partial charge is 0.348 e. The van der Waals surface area contributed by atoms with E-state index in [9.17, 15) is 9.59 Å². The number of hydrogen-bond acceptors (Lipinski definition) is 7. The monoisotopic (exact) mass is 475 g/mol. The van der Waals surface area contributed by atoms with Gasteiger partial charge in [-0.05, 0) is 29.8 Å². The summed E-state index contributed by atoms with van der Waals surface area (Å²) in [6, 6.07) is 26.3. The second kappa shape index (κ2) is 11.3. The zero-order chi connectivity index (χ0) is 22.9. The zero-order valence-corrected chi connectivity index (χ0v) is 19.2. The summed E-state index contributed by atoms with van der Waals surface area (Å²) in [4.78, 5) is 25.2. The molecule has 0 saturated carbocycles. The number of aromatic nitrogens is 2. The minimum atomic E-state index is -0.247. The zero-order valence-electron chi connectivity index (χ0n) is 17.5. The van der Waals surface area contributed by atoms with Gasteiger partial charge in [0, 0.05) is 12.2 Å². The summed E-state index contributed by atoms with van der Waals surface area (Å²) in [7, 11) is 0. The number of thioether (sulfide) groups is 1. The van der Waals surface area contributed by atoms with Crippen LogP contribution in [0.2, 0.25) is 0 Å². The van der Waals surface area contributed by atoms with Crippen molar-refractivity contribution in [1.29, 1.82) is 0 Å². The van der Waals surface area contributed by atoms with Crippen molar-refractivity contribution < 1.29 is 9.59 Å². The number of carbonyl (C=O) groups excluding carboxylic acids is 2. The molecule has 0 aliphatic heterocycles. The van der Waals surface area contributed by atoms with E-state index in [0.717, 1.165) is 11.3 Å². The Hall–Kier alpha value is -3.69. The van der Waals surface area contributed by atoms with Gasteiger partial charge in [0.15, 0.2) is 4.34 Å². The molecule has 2 amide bonds. The molecule has 0 aliphatic carbocycles. The van der Waals surface area contributed by atoms with Crippen LogP contribution in [0, 0.1) is 0 Å². The summed E-state index contributed by atoms with van der Waals surface area (Å²) in [5.74, 6) is -0.320. The number of amides is 2. The van der Waals surface area contributed by atoms with Gasteiger partial charge in [0.1, 0.15) is 0 Å². The van der Waals surface area contributed by atoms with E-state index in [1.807, 2.05) is 60.7 Å². The standard InChI is InChI=1S/C24H21N5O2S2/c30-21(16-32-24-29-28-23(33-24)26-18-11-5-2-6-12-18)27-20-14-8-7-13-19(20)22(31)25-15-17-9-3-1-4-10-17/h1-14H,15-16H2,(H,25,31)(H,26,28)(H,27,30). The first-order chi connectivity index (χ1) is 16.2. The minimum Gasteiger partial charge on any atom is -0.348 e. The molecule has 1 aromatic heterocycles. The molecule has 4 aromatic rings. The summed E-state index contributed by atoms with van der Waals surface area (Å²) < 4.78 is 0.678. The lowest BCUT2D eigenvalue weighted by atomic mass is 10.1. The number of anilines is 3. The summed E-state index contributed by atoms with van der Waals surface area (Å²) >= 11 is 2.67. The van der Waals surface area contributed by atoms with E-state index < -0.39 is 0 Å². The third-order valence-corrected chi connectivity index (χ3v) is 6.47. The number of nitrogens with one attached hydrogen (secondary N) is 3. The molecule has 0 atom stereocenters. The second-order valence-electron chi connectivity index (χ2n) is 6.91. The topological polar surface area (TPSA) is 96.0 Å². The van der Waals surface area contributed by atoms with Crippen molar-refractivity contribution in [3.63, 3.8) is 0 Å². The molecule has 4 rings (SSSR count). The fourth-order valence-electron chi connectivity index (χ4n) is 2.94. The van der Waals surface area contributed by atoms with Crippen LogP contribution < -0.4 is 16.0 Å². The summed E-state index contributed by atoms with van der Waals surface area (Å²) in [6.45, 7) is 0.411. The highest BCUT2D eigenvalue weighted by Gasteiger charge is 2.14. The molecule has 0 fully saturated rings. The van der Waals surface area contributed by atoms with Gasteiger partial charge in [0.05, 0.1) is 17.0 Å². The summed E-state index contributed by atoms with van der Waals surface area (Å²) in [5, 5.41) is 17.8. The maximum absolute atomic E-state index is 12.7. The summed E-state index contributed by atoms with van der Waals surface area (Å²) in [5.41, 5.74) is 2.81. The maximum Gasteiger partial charge on any atom is 0.253 e. The van der Waals surface area contributed by atoms with Crippen molar-refractivity contribution in [1.82, 2.24) is 15.5 Å². The lowest BCUT2D eigenvalue weighted by Gasteiger charge is -2.11. The molecule has 0 unspecified atom stereocenters. The van der Waals surface area contributed by atoms with E-state index in [-0.39, 0.29) is 17.6 Å². The van der Waals surface area contributed by atoms with Crippen molar-refractivity contribution in [2.75, 3.05) is 16.4 Å². The smallest absolute Gasteiger partial charge is 0.253 e. The van der Waals surface area contributed by atoms with Gasteiger partial charge in [0.2, 0.25) is 11.0 Å². The average Bonchev–Trinajstić information content (AvgIpc) is 3.30. The van der Waals surface area contributed by atoms with Crippen LogP contribution in [0.15, 0.2) is 89.3 Å². The highest BCUT2D eigenvalue weighted by molar-refractivity contribution is 8.01. The molecule has 9 heteroatoms. The van der Waals surface area contributed by atoms with Gasteiger partial charge in [-0.3, -0.25) is 9.59 Å². The molecule has 0 saturated heterocycles. The number of carbonyl (C=O) groups is 2. The number of hydrogen-bond donors (Lipinski definition) is 3. The molecule has 0 bridgehead atoms. The molecule has 7 nitrogen and oxygen atoms in total. The van der Waals surface area contributed by atoms with Crippen LogP contribution in [0.25, 0.3) is 0 Å². The van der Waals surface area contributed by atoms with Crippen LogP contribution in [0.5, 0.6) is 0 Å². The van der Waals surface area contributed by atoms with Gasteiger partial charge in [0.25, 0.3) is 5.91 Å². The van der Waals surface area contributed by atoms with Crippen LogP contribution in [-0.2, 0) is 11.3 Å². The Balaban J connectivity index is 1.30. The third kappa shape index (κ3) is 6.64. The van der Waals surface area contributed by atoms with Gasteiger partial charge >= 0.3 is 0 Å². The average molecular weight is 476 g/mol. The minimum absolute atomic E-state index is 0.153. The molecular weight excluding hydrogens is 454 g/mol. The normalized spacial score (nSPS) is 10.4. The lowest BCUT2D eigenvalue weighted by Crippen LogP contribution is -2.25.